The SMILES string of the molecule is C=C.CC.c1ccc(-c2cncc(-c3ccc4c(n3)c3nc(-c5cncc(-c6ccccc6)c5)ccc3n4-c3ccc4c(c3)c3cnccc3n4-c3ccc4oc5ccccc5c4c3)c2)cc1. The highest BCUT2D eigenvalue weighted by Gasteiger charge is 2.21. The smallest absolute Gasteiger partial charge is 0.135 e. The minimum Gasteiger partial charge on any atom is -0.456 e. The highest BCUT2D eigenvalue weighted by molar-refractivity contribution is 6.12. The van der Waals surface area contributed by atoms with Crippen molar-refractivity contribution in [1.82, 2.24) is 34.1 Å². The van der Waals surface area contributed by atoms with Crippen molar-refractivity contribution in [2.45, 2.75) is 13.8 Å². The van der Waals surface area contributed by atoms with Gasteiger partial charge in [-0.05, 0) is 96.1 Å². The Kier molecular flexibility index (Phi) is 10.4. The van der Waals surface area contributed by atoms with Gasteiger partial charge in [0.15, 0.2) is 0 Å². The highest BCUT2D eigenvalue weighted by atomic mass is 16.3. The molecule has 13 rings (SSSR count). The lowest BCUT2D eigenvalue weighted by molar-refractivity contribution is 0.669. The molecule has 8 nitrogen and oxygen atoms in total. The maximum absolute atomic E-state index is 6.20. The molecule has 0 spiro atoms. The van der Waals surface area contributed by atoms with Crippen molar-refractivity contribution in [2.24, 2.45) is 0 Å². The number of nitrogens with zero attached hydrogens (tertiary/aromatic N) is 7. The maximum Gasteiger partial charge on any atom is 0.135 e. The lowest BCUT2D eigenvalue weighted by atomic mass is 10.0. The molecule has 5 aromatic carbocycles. The summed E-state index contributed by atoms with van der Waals surface area (Å²) >= 11 is 0. The van der Waals surface area contributed by atoms with Gasteiger partial charge in [-0.1, -0.05) is 92.7 Å². The van der Waals surface area contributed by atoms with Gasteiger partial charge in [0.1, 0.15) is 22.2 Å². The van der Waals surface area contributed by atoms with Crippen LogP contribution in [-0.2, 0) is 0 Å². The second-order valence-electron chi connectivity index (χ2n) is 15.8. The minimum absolute atomic E-state index is 0.798. The summed E-state index contributed by atoms with van der Waals surface area (Å²) in [7, 11) is 0. The Labute approximate surface area is 386 Å². The van der Waals surface area contributed by atoms with E-state index in [1.165, 1.54) is 0 Å². The topological polar surface area (TPSA) is 87.5 Å². The number of fused-ring (bicyclic) bond motifs is 9. The summed E-state index contributed by atoms with van der Waals surface area (Å²) in [5.74, 6) is 0. The first-order valence-corrected chi connectivity index (χ1v) is 22.4. The quantitative estimate of drug-likeness (QED) is 0.155. The van der Waals surface area contributed by atoms with Crippen LogP contribution in [0.2, 0.25) is 0 Å². The Morgan fingerprint density at radius 1 is 0.373 bits per heavy atom. The first-order chi connectivity index (χ1) is 33.2. The molecule has 0 aliphatic rings. The van der Waals surface area contributed by atoms with E-state index in [9.17, 15) is 0 Å². The molecule has 8 heterocycles. The average Bonchev–Trinajstić information content (AvgIpc) is 4.07. The van der Waals surface area contributed by atoms with E-state index in [0.29, 0.717) is 0 Å². The van der Waals surface area contributed by atoms with Crippen LogP contribution < -0.4 is 0 Å². The second kappa shape index (κ2) is 17.2. The van der Waals surface area contributed by atoms with Gasteiger partial charge < -0.3 is 13.6 Å². The number of para-hydroxylation sites is 1. The largest absolute Gasteiger partial charge is 0.456 e. The van der Waals surface area contributed by atoms with E-state index in [-0.39, 0.29) is 0 Å². The summed E-state index contributed by atoms with van der Waals surface area (Å²) < 4.78 is 10.8. The van der Waals surface area contributed by atoms with Crippen LogP contribution in [0.4, 0.5) is 0 Å². The zero-order valence-electron chi connectivity index (χ0n) is 37.0. The molecule has 0 amide bonds. The van der Waals surface area contributed by atoms with E-state index in [0.717, 1.165) is 122 Å². The second-order valence-corrected chi connectivity index (χ2v) is 15.8. The van der Waals surface area contributed by atoms with Gasteiger partial charge in [-0.2, -0.15) is 0 Å². The number of furan rings is 1. The molecule has 67 heavy (non-hydrogen) atoms. The molecule has 0 saturated carbocycles. The highest BCUT2D eigenvalue weighted by Crippen LogP contribution is 2.39. The summed E-state index contributed by atoms with van der Waals surface area (Å²) in [6, 6.07) is 56.8. The van der Waals surface area contributed by atoms with Crippen LogP contribution in [0.5, 0.6) is 0 Å². The van der Waals surface area contributed by atoms with Crippen molar-refractivity contribution in [2.75, 3.05) is 0 Å². The van der Waals surface area contributed by atoms with E-state index in [1.54, 1.807) is 0 Å². The van der Waals surface area contributed by atoms with Crippen LogP contribution in [-0.4, -0.2) is 34.1 Å². The fraction of sp³-hybridized carbons (Fsp3) is 0.0339. The normalized spacial score (nSPS) is 11.3. The molecular formula is C59H43N7O. The molecule has 0 N–H and O–H groups in total. The monoisotopic (exact) mass is 865 g/mol. The van der Waals surface area contributed by atoms with Crippen molar-refractivity contribution in [1.29, 1.82) is 0 Å². The zero-order chi connectivity index (χ0) is 45.4. The van der Waals surface area contributed by atoms with Gasteiger partial charge in [0.25, 0.3) is 0 Å². The van der Waals surface area contributed by atoms with Crippen LogP contribution in [0, 0.1) is 0 Å². The molecule has 320 valence electrons. The minimum atomic E-state index is 0.798. The van der Waals surface area contributed by atoms with E-state index in [1.807, 2.05) is 99.6 Å². The molecule has 0 radical (unpaired) electrons. The van der Waals surface area contributed by atoms with Crippen molar-refractivity contribution < 1.29 is 4.42 Å². The maximum atomic E-state index is 6.20. The number of rotatable bonds is 6. The number of pyridine rings is 5. The van der Waals surface area contributed by atoms with Gasteiger partial charge in [0.05, 0.1) is 33.5 Å². The molecular weight excluding hydrogens is 823 g/mol. The zero-order valence-corrected chi connectivity index (χ0v) is 37.0. The summed E-state index contributed by atoms with van der Waals surface area (Å²) in [4.78, 5) is 24.7. The van der Waals surface area contributed by atoms with Gasteiger partial charge in [0, 0.05) is 92.4 Å². The van der Waals surface area contributed by atoms with Gasteiger partial charge >= 0.3 is 0 Å². The molecule has 0 aliphatic heterocycles. The lowest BCUT2D eigenvalue weighted by Gasteiger charge is -2.11. The lowest BCUT2D eigenvalue weighted by Crippen LogP contribution is -1.96. The molecule has 0 fully saturated rings. The van der Waals surface area contributed by atoms with Crippen molar-refractivity contribution in [3.8, 4) is 56.1 Å². The first-order valence-electron chi connectivity index (χ1n) is 22.4. The molecule has 0 atom stereocenters. The van der Waals surface area contributed by atoms with Crippen LogP contribution in [0.3, 0.4) is 0 Å². The predicted octanol–water partition coefficient (Wildman–Crippen LogP) is 15.3. The number of hydrogen-bond acceptors (Lipinski definition) is 6. The summed E-state index contributed by atoms with van der Waals surface area (Å²) in [6.45, 7) is 10.0. The standard InChI is InChI=1S/C55H33N7O.C2H6.C2H4/c1-3-9-34(10-4-1)36-25-38(31-57-29-36)46-17-20-50-54(59-46)55-51(21-18-47(60-55)39-26-37(30-58-32-39)35-11-5-2-6-12-35)62(50)40-15-19-48-43(27-40)45-33-56-24-23-49(45)61(48)41-16-22-53-44(28-41)42-13-7-8-14-52(42)63-53;2*1-2/h1-33H;1-2H3;1-2H2. The molecule has 0 bridgehead atoms. The van der Waals surface area contributed by atoms with Crippen LogP contribution in [0.1, 0.15) is 13.8 Å². The molecule has 0 aliphatic carbocycles. The summed E-state index contributed by atoms with van der Waals surface area (Å²) in [5, 5.41) is 4.33. The Bertz CT molecular complexity index is 3800. The first kappa shape index (κ1) is 40.7. The predicted molar refractivity (Wildman–Crippen MR) is 276 cm³/mol. The summed E-state index contributed by atoms with van der Waals surface area (Å²) in [6.07, 6.45) is 11.4. The average molecular weight is 866 g/mol. The summed E-state index contributed by atoms with van der Waals surface area (Å²) in [5.41, 5.74) is 17.2. The van der Waals surface area contributed by atoms with Crippen LogP contribution in [0.15, 0.2) is 219 Å². The van der Waals surface area contributed by atoms with Gasteiger partial charge in [-0.3, -0.25) is 15.0 Å². The van der Waals surface area contributed by atoms with E-state index in [4.69, 9.17) is 14.4 Å². The molecule has 0 unspecified atom stereocenters. The van der Waals surface area contributed by atoms with Crippen molar-refractivity contribution in [3.05, 3.63) is 214 Å². The fourth-order valence-corrected chi connectivity index (χ4v) is 9.20. The van der Waals surface area contributed by atoms with Crippen LogP contribution >= 0.6 is 0 Å². The Hall–Kier alpha value is -9.01. The third-order valence-electron chi connectivity index (χ3n) is 12.2. The van der Waals surface area contributed by atoms with E-state index in [2.05, 4.69) is 153 Å². The van der Waals surface area contributed by atoms with E-state index >= 15 is 0 Å². The van der Waals surface area contributed by atoms with Gasteiger partial charge in [-0.15, -0.1) is 13.2 Å². The van der Waals surface area contributed by atoms with Crippen LogP contribution in [0.25, 0.3) is 122 Å². The van der Waals surface area contributed by atoms with Gasteiger partial charge in [0.2, 0.25) is 0 Å². The van der Waals surface area contributed by atoms with Gasteiger partial charge in [-0.25, -0.2) is 9.97 Å². The fourth-order valence-electron chi connectivity index (χ4n) is 9.20. The number of hydrogen-bond donors (Lipinski definition) is 0. The Morgan fingerprint density at radius 2 is 0.866 bits per heavy atom. The molecule has 13 aromatic rings. The Morgan fingerprint density at radius 3 is 1.49 bits per heavy atom. The Balaban J connectivity index is 0.00000121. The molecule has 8 heteroatoms. The molecule has 8 aromatic heterocycles. The molecule has 0 saturated heterocycles. The third-order valence-corrected chi connectivity index (χ3v) is 12.2. The van der Waals surface area contributed by atoms with E-state index < -0.39 is 0 Å². The number of aromatic nitrogens is 7. The van der Waals surface area contributed by atoms with Crippen molar-refractivity contribution in [3.63, 3.8) is 0 Å². The number of benzene rings is 5. The van der Waals surface area contributed by atoms with Crippen molar-refractivity contribution >= 4 is 65.8 Å². The third kappa shape index (κ3) is 6.99.